The summed E-state index contributed by atoms with van der Waals surface area (Å²) in [4.78, 5) is 4.35. The van der Waals surface area contributed by atoms with Crippen LogP contribution in [0, 0.1) is 5.92 Å². The summed E-state index contributed by atoms with van der Waals surface area (Å²) in [6.45, 7) is 0. The van der Waals surface area contributed by atoms with Crippen molar-refractivity contribution >= 4 is 6.21 Å². The molecule has 2 nitrogen and oxygen atoms in total. The summed E-state index contributed by atoms with van der Waals surface area (Å²) in [5.41, 5.74) is 1.55. The first-order valence-corrected chi connectivity index (χ1v) is 5.59. The quantitative estimate of drug-likeness (QED) is 0.578. The zero-order valence-corrected chi connectivity index (χ0v) is 8.32. The van der Waals surface area contributed by atoms with E-state index >= 15 is 0 Å². The van der Waals surface area contributed by atoms with Gasteiger partial charge in [-0.3, -0.25) is 4.99 Å². The number of aliphatic imine (C=N–C) groups is 1. The molecule has 2 aliphatic heterocycles. The number of hydrogen-bond donors (Lipinski definition) is 1. The summed E-state index contributed by atoms with van der Waals surface area (Å²) in [6.07, 6.45) is 13.7. The van der Waals surface area contributed by atoms with Crippen molar-refractivity contribution in [2.45, 2.75) is 37.8 Å². The minimum atomic E-state index is 0.591. The van der Waals surface area contributed by atoms with Crippen molar-refractivity contribution in [3.63, 3.8) is 0 Å². The van der Waals surface area contributed by atoms with Crippen molar-refractivity contribution in [3.8, 4) is 0 Å². The maximum absolute atomic E-state index is 4.35. The Kier molecular flexibility index (Phi) is 2.02. The van der Waals surface area contributed by atoms with Crippen molar-refractivity contribution < 1.29 is 0 Å². The van der Waals surface area contributed by atoms with Gasteiger partial charge in [0, 0.05) is 30.4 Å². The third kappa shape index (κ3) is 1.25. The third-order valence-corrected chi connectivity index (χ3v) is 3.56. The van der Waals surface area contributed by atoms with Crippen LogP contribution in [0.5, 0.6) is 0 Å². The first-order valence-electron chi connectivity index (χ1n) is 5.59. The molecule has 0 aromatic rings. The molecule has 0 bridgehead atoms. The van der Waals surface area contributed by atoms with Gasteiger partial charge in [0.15, 0.2) is 0 Å². The fourth-order valence-electron chi connectivity index (χ4n) is 2.86. The highest BCUT2D eigenvalue weighted by Gasteiger charge is 2.37. The van der Waals surface area contributed by atoms with Gasteiger partial charge < -0.3 is 5.32 Å². The van der Waals surface area contributed by atoms with Crippen LogP contribution in [-0.4, -0.2) is 18.3 Å². The molecule has 3 atom stereocenters. The maximum Gasteiger partial charge on any atom is 0.0322 e. The Bertz CT molecular complexity index is 314. The molecule has 0 amide bonds. The number of rotatable bonds is 0. The number of fused-ring (bicyclic) bond motifs is 3. The standard InChI is InChI=1S/C12H16N2/c1-2-5-11-9(4-1)10-8-13-7-3-6-12(10)14-11/h2,5,7-9,11-12,14H,1,3-4,6H2. The van der Waals surface area contributed by atoms with E-state index in [0.717, 1.165) is 12.3 Å². The Morgan fingerprint density at radius 3 is 3.29 bits per heavy atom. The van der Waals surface area contributed by atoms with E-state index < -0.39 is 0 Å². The molecule has 14 heavy (non-hydrogen) atoms. The Morgan fingerprint density at radius 1 is 1.29 bits per heavy atom. The zero-order valence-electron chi connectivity index (χ0n) is 8.32. The molecule has 2 heterocycles. The second-order valence-electron chi connectivity index (χ2n) is 4.40. The van der Waals surface area contributed by atoms with Crippen molar-refractivity contribution in [1.29, 1.82) is 0 Å². The first kappa shape index (κ1) is 8.42. The molecule has 3 unspecified atom stereocenters. The highest BCUT2D eigenvalue weighted by atomic mass is 15.0. The predicted octanol–water partition coefficient (Wildman–Crippen LogP) is 2.04. The van der Waals surface area contributed by atoms with Crippen LogP contribution in [0.3, 0.4) is 0 Å². The van der Waals surface area contributed by atoms with Crippen molar-refractivity contribution in [2.75, 3.05) is 0 Å². The molecule has 0 spiro atoms. The second kappa shape index (κ2) is 3.35. The molecule has 3 aliphatic rings. The molecule has 74 valence electrons. The maximum atomic E-state index is 4.35. The number of allylic oxidation sites excluding steroid dienone is 1. The van der Waals surface area contributed by atoms with Crippen LogP contribution in [0.25, 0.3) is 0 Å². The lowest BCUT2D eigenvalue weighted by molar-refractivity contribution is 0.492. The van der Waals surface area contributed by atoms with Gasteiger partial charge in [-0.15, -0.1) is 0 Å². The van der Waals surface area contributed by atoms with Crippen LogP contribution >= 0.6 is 0 Å². The lowest BCUT2D eigenvalue weighted by Crippen LogP contribution is -2.30. The minimum Gasteiger partial charge on any atom is -0.303 e. The number of nitrogens with zero attached hydrogens (tertiary/aromatic N) is 1. The van der Waals surface area contributed by atoms with E-state index in [4.69, 9.17) is 0 Å². The summed E-state index contributed by atoms with van der Waals surface area (Å²) in [6, 6.07) is 1.18. The average Bonchev–Trinajstić information content (AvgIpc) is 2.42. The van der Waals surface area contributed by atoms with E-state index in [9.17, 15) is 0 Å². The average molecular weight is 188 g/mol. The van der Waals surface area contributed by atoms with Crippen molar-refractivity contribution in [2.24, 2.45) is 10.9 Å². The van der Waals surface area contributed by atoms with Gasteiger partial charge in [-0.2, -0.15) is 0 Å². The fourth-order valence-corrected chi connectivity index (χ4v) is 2.86. The molecule has 0 aromatic carbocycles. The molecule has 0 radical (unpaired) electrons. The summed E-state index contributed by atoms with van der Waals surface area (Å²) in [5.74, 6) is 0.722. The fraction of sp³-hybridized carbons (Fsp3) is 0.583. The summed E-state index contributed by atoms with van der Waals surface area (Å²) in [5, 5.41) is 3.70. The summed E-state index contributed by atoms with van der Waals surface area (Å²) >= 11 is 0. The van der Waals surface area contributed by atoms with Gasteiger partial charge in [0.05, 0.1) is 0 Å². The highest BCUT2D eigenvalue weighted by Crippen LogP contribution is 2.36. The van der Waals surface area contributed by atoms with Crippen molar-refractivity contribution in [1.82, 2.24) is 5.32 Å². The predicted molar refractivity (Wildman–Crippen MR) is 58.4 cm³/mol. The van der Waals surface area contributed by atoms with E-state index in [1.165, 1.54) is 19.3 Å². The van der Waals surface area contributed by atoms with Crippen LogP contribution < -0.4 is 5.32 Å². The summed E-state index contributed by atoms with van der Waals surface area (Å²) in [7, 11) is 0. The summed E-state index contributed by atoms with van der Waals surface area (Å²) < 4.78 is 0. The lowest BCUT2D eigenvalue weighted by Gasteiger charge is -2.19. The largest absolute Gasteiger partial charge is 0.303 e. The molecular weight excluding hydrogens is 172 g/mol. The third-order valence-electron chi connectivity index (χ3n) is 3.56. The Hall–Kier alpha value is -0.890. The zero-order chi connectivity index (χ0) is 9.38. The minimum absolute atomic E-state index is 0.591. The van der Waals surface area contributed by atoms with E-state index in [-0.39, 0.29) is 0 Å². The van der Waals surface area contributed by atoms with Crippen molar-refractivity contribution in [3.05, 3.63) is 23.9 Å². The smallest absolute Gasteiger partial charge is 0.0322 e. The van der Waals surface area contributed by atoms with E-state index in [0.29, 0.717) is 12.1 Å². The first-order chi connectivity index (χ1) is 6.95. The van der Waals surface area contributed by atoms with Crippen LogP contribution in [0.15, 0.2) is 28.9 Å². The van der Waals surface area contributed by atoms with Crippen LogP contribution in [0.1, 0.15) is 25.7 Å². The molecule has 1 fully saturated rings. The molecule has 3 rings (SSSR count). The molecule has 1 saturated heterocycles. The number of hydrogen-bond acceptors (Lipinski definition) is 2. The molecule has 1 aliphatic carbocycles. The highest BCUT2D eigenvalue weighted by molar-refractivity contribution is 5.59. The van der Waals surface area contributed by atoms with Gasteiger partial charge in [-0.25, -0.2) is 0 Å². The Balaban J connectivity index is 1.92. The van der Waals surface area contributed by atoms with Gasteiger partial charge in [-0.1, -0.05) is 12.2 Å². The number of nitrogens with one attached hydrogen (secondary N) is 1. The lowest BCUT2D eigenvalue weighted by atomic mass is 9.85. The van der Waals surface area contributed by atoms with E-state index in [1.54, 1.807) is 5.57 Å². The van der Waals surface area contributed by atoms with Gasteiger partial charge in [0.2, 0.25) is 0 Å². The van der Waals surface area contributed by atoms with Gasteiger partial charge in [0.1, 0.15) is 0 Å². The molecule has 1 N–H and O–H groups in total. The molecule has 0 aromatic heterocycles. The molecular formula is C12H16N2. The van der Waals surface area contributed by atoms with Crippen LogP contribution in [-0.2, 0) is 0 Å². The molecule has 2 heteroatoms. The van der Waals surface area contributed by atoms with Gasteiger partial charge >= 0.3 is 0 Å². The topological polar surface area (TPSA) is 24.4 Å². The van der Waals surface area contributed by atoms with Gasteiger partial charge in [0.25, 0.3) is 0 Å². The van der Waals surface area contributed by atoms with Crippen LogP contribution in [0.4, 0.5) is 0 Å². The normalized spacial score (nSPS) is 40.0. The molecule has 0 saturated carbocycles. The Morgan fingerprint density at radius 2 is 2.29 bits per heavy atom. The SMILES string of the molecule is C1=CC2NC3CCC=NC=C3C2CC1. The Labute approximate surface area is 84.8 Å². The monoisotopic (exact) mass is 188 g/mol. The second-order valence-corrected chi connectivity index (χ2v) is 4.40. The van der Waals surface area contributed by atoms with Gasteiger partial charge in [-0.05, 0) is 31.3 Å². The van der Waals surface area contributed by atoms with E-state index in [2.05, 4.69) is 28.7 Å². The van der Waals surface area contributed by atoms with Crippen LogP contribution in [0.2, 0.25) is 0 Å². The van der Waals surface area contributed by atoms with E-state index in [1.807, 2.05) is 6.21 Å².